The Kier molecular flexibility index (Phi) is 8.01. The Labute approximate surface area is 161 Å². The van der Waals surface area contributed by atoms with Gasteiger partial charge in [-0.25, -0.2) is 0 Å². The molecule has 1 heterocycles. The molecule has 3 rings (SSSR count). The lowest BCUT2D eigenvalue weighted by Crippen LogP contribution is -2.40. The number of aryl methyl sites for hydroxylation is 1. The van der Waals surface area contributed by atoms with Crippen LogP contribution in [0.25, 0.3) is 0 Å². The van der Waals surface area contributed by atoms with Crippen LogP contribution in [-0.2, 0) is 6.42 Å². The molecule has 1 saturated heterocycles. The fourth-order valence-corrected chi connectivity index (χ4v) is 5.09. The molecular formula is C24H40N2. The van der Waals surface area contributed by atoms with Gasteiger partial charge in [0, 0.05) is 19.1 Å². The molecule has 1 aromatic carbocycles. The second-order valence-corrected chi connectivity index (χ2v) is 9.07. The summed E-state index contributed by atoms with van der Waals surface area (Å²) in [5.74, 6) is 2.86. The summed E-state index contributed by atoms with van der Waals surface area (Å²) in [6, 6.07) is 11.7. The zero-order valence-electron chi connectivity index (χ0n) is 17.1. The van der Waals surface area contributed by atoms with E-state index in [1.807, 2.05) is 0 Å². The molecule has 1 aliphatic heterocycles. The predicted molar refractivity (Wildman–Crippen MR) is 113 cm³/mol. The average molecular weight is 357 g/mol. The maximum atomic E-state index is 3.79. The van der Waals surface area contributed by atoms with E-state index in [9.17, 15) is 0 Å². The van der Waals surface area contributed by atoms with Gasteiger partial charge in [0.05, 0.1) is 0 Å². The average Bonchev–Trinajstić information content (AvgIpc) is 3.06. The number of nitrogens with one attached hydrogen (secondary N) is 1. The Morgan fingerprint density at radius 2 is 1.85 bits per heavy atom. The standard InChI is InChI=1S/C24H40N2/c1-20-7-6-10-24(20)19-21(2)25-15-18-26-16-13-23(14-17-26)12-11-22-8-4-3-5-9-22/h3-5,8-9,20-21,23-25H,6-7,10-19H2,1-2H3. The number of hydrogen-bond acceptors (Lipinski definition) is 2. The third kappa shape index (κ3) is 6.39. The van der Waals surface area contributed by atoms with Gasteiger partial charge in [-0.05, 0) is 75.4 Å². The summed E-state index contributed by atoms with van der Waals surface area (Å²) in [5.41, 5.74) is 1.50. The molecule has 1 N–H and O–H groups in total. The van der Waals surface area contributed by atoms with E-state index < -0.39 is 0 Å². The van der Waals surface area contributed by atoms with Gasteiger partial charge in [-0.2, -0.15) is 0 Å². The quantitative estimate of drug-likeness (QED) is 0.659. The van der Waals surface area contributed by atoms with E-state index in [4.69, 9.17) is 0 Å². The normalized spacial score (nSPS) is 26.2. The molecule has 3 atom stereocenters. The molecule has 2 aliphatic rings. The van der Waals surface area contributed by atoms with Gasteiger partial charge in [-0.3, -0.25) is 0 Å². The van der Waals surface area contributed by atoms with E-state index in [2.05, 4.69) is 54.4 Å². The molecule has 2 nitrogen and oxygen atoms in total. The zero-order valence-corrected chi connectivity index (χ0v) is 17.1. The summed E-state index contributed by atoms with van der Waals surface area (Å²) in [6.07, 6.45) is 11.2. The highest BCUT2D eigenvalue weighted by Crippen LogP contribution is 2.34. The summed E-state index contributed by atoms with van der Waals surface area (Å²) in [4.78, 5) is 2.68. The van der Waals surface area contributed by atoms with E-state index in [1.54, 1.807) is 0 Å². The number of likely N-dealkylation sites (tertiary alicyclic amines) is 1. The summed E-state index contributed by atoms with van der Waals surface area (Å²) < 4.78 is 0. The molecule has 0 bridgehead atoms. The van der Waals surface area contributed by atoms with Crippen LogP contribution in [0.15, 0.2) is 30.3 Å². The van der Waals surface area contributed by atoms with Crippen LogP contribution in [0.2, 0.25) is 0 Å². The van der Waals surface area contributed by atoms with Crippen molar-refractivity contribution in [2.45, 2.75) is 71.3 Å². The van der Waals surface area contributed by atoms with Crippen LogP contribution >= 0.6 is 0 Å². The van der Waals surface area contributed by atoms with E-state index in [0.717, 1.165) is 24.3 Å². The molecule has 0 aromatic heterocycles. The second kappa shape index (κ2) is 10.5. The lowest BCUT2D eigenvalue weighted by Gasteiger charge is -2.32. The molecule has 1 aromatic rings. The number of rotatable bonds is 9. The Bertz CT molecular complexity index is 492. The van der Waals surface area contributed by atoms with Crippen LogP contribution < -0.4 is 5.32 Å². The van der Waals surface area contributed by atoms with Gasteiger partial charge in [0.2, 0.25) is 0 Å². The first-order valence-electron chi connectivity index (χ1n) is 11.2. The smallest absolute Gasteiger partial charge is 0.0107 e. The third-order valence-electron chi connectivity index (χ3n) is 7.01. The fourth-order valence-electron chi connectivity index (χ4n) is 5.09. The highest BCUT2D eigenvalue weighted by molar-refractivity contribution is 5.14. The van der Waals surface area contributed by atoms with Crippen molar-refractivity contribution in [3.8, 4) is 0 Å². The monoisotopic (exact) mass is 356 g/mol. The largest absolute Gasteiger partial charge is 0.313 e. The highest BCUT2D eigenvalue weighted by atomic mass is 15.1. The van der Waals surface area contributed by atoms with Gasteiger partial charge in [-0.15, -0.1) is 0 Å². The van der Waals surface area contributed by atoms with Crippen molar-refractivity contribution in [1.29, 1.82) is 0 Å². The van der Waals surface area contributed by atoms with Gasteiger partial charge in [0.15, 0.2) is 0 Å². The molecule has 0 spiro atoms. The maximum absolute atomic E-state index is 3.79. The predicted octanol–water partition coefficient (Wildman–Crippen LogP) is 5.14. The minimum Gasteiger partial charge on any atom is -0.313 e. The lowest BCUT2D eigenvalue weighted by molar-refractivity contribution is 0.177. The zero-order chi connectivity index (χ0) is 18.2. The van der Waals surface area contributed by atoms with Crippen LogP contribution in [0.1, 0.15) is 64.4 Å². The molecule has 1 aliphatic carbocycles. The lowest BCUT2D eigenvalue weighted by atomic mass is 9.90. The van der Waals surface area contributed by atoms with E-state index >= 15 is 0 Å². The van der Waals surface area contributed by atoms with Crippen molar-refractivity contribution >= 4 is 0 Å². The Morgan fingerprint density at radius 1 is 1.08 bits per heavy atom. The molecule has 0 radical (unpaired) electrons. The SMILES string of the molecule is CC(CC1CCCC1C)NCCN1CCC(CCc2ccccc2)CC1. The first-order chi connectivity index (χ1) is 12.7. The molecule has 2 heteroatoms. The van der Waals surface area contributed by atoms with Crippen molar-refractivity contribution in [2.24, 2.45) is 17.8 Å². The molecular weight excluding hydrogens is 316 g/mol. The van der Waals surface area contributed by atoms with Crippen molar-refractivity contribution < 1.29 is 0 Å². The molecule has 2 fully saturated rings. The molecule has 1 saturated carbocycles. The van der Waals surface area contributed by atoms with Gasteiger partial charge >= 0.3 is 0 Å². The summed E-state index contributed by atoms with van der Waals surface area (Å²) in [7, 11) is 0. The van der Waals surface area contributed by atoms with Gasteiger partial charge in [-0.1, -0.05) is 56.5 Å². The Balaban J connectivity index is 1.25. The first-order valence-corrected chi connectivity index (χ1v) is 11.2. The van der Waals surface area contributed by atoms with E-state index in [-0.39, 0.29) is 0 Å². The number of hydrogen-bond donors (Lipinski definition) is 1. The number of piperidine rings is 1. The van der Waals surface area contributed by atoms with E-state index in [0.29, 0.717) is 6.04 Å². The maximum Gasteiger partial charge on any atom is 0.0107 e. The van der Waals surface area contributed by atoms with Crippen LogP contribution in [0.3, 0.4) is 0 Å². The second-order valence-electron chi connectivity index (χ2n) is 9.07. The van der Waals surface area contributed by atoms with Crippen LogP contribution in [0.4, 0.5) is 0 Å². The van der Waals surface area contributed by atoms with Crippen LogP contribution in [0, 0.1) is 17.8 Å². The Morgan fingerprint density at radius 3 is 2.54 bits per heavy atom. The highest BCUT2D eigenvalue weighted by Gasteiger charge is 2.25. The van der Waals surface area contributed by atoms with Crippen molar-refractivity contribution in [3.63, 3.8) is 0 Å². The van der Waals surface area contributed by atoms with Crippen molar-refractivity contribution in [1.82, 2.24) is 10.2 Å². The fraction of sp³-hybridized carbons (Fsp3) is 0.750. The first kappa shape index (κ1) is 19.9. The Hall–Kier alpha value is -0.860. The van der Waals surface area contributed by atoms with Crippen molar-refractivity contribution in [2.75, 3.05) is 26.2 Å². The van der Waals surface area contributed by atoms with Gasteiger partial charge < -0.3 is 10.2 Å². The number of benzene rings is 1. The van der Waals surface area contributed by atoms with Gasteiger partial charge in [0.25, 0.3) is 0 Å². The third-order valence-corrected chi connectivity index (χ3v) is 7.01. The molecule has 26 heavy (non-hydrogen) atoms. The molecule has 0 amide bonds. The molecule has 3 unspecified atom stereocenters. The summed E-state index contributed by atoms with van der Waals surface area (Å²) in [5, 5.41) is 3.79. The number of nitrogens with zero attached hydrogens (tertiary/aromatic N) is 1. The van der Waals surface area contributed by atoms with Gasteiger partial charge in [0.1, 0.15) is 0 Å². The minimum absolute atomic E-state index is 0.684. The van der Waals surface area contributed by atoms with Crippen molar-refractivity contribution in [3.05, 3.63) is 35.9 Å². The minimum atomic E-state index is 0.684. The van der Waals surface area contributed by atoms with Crippen LogP contribution in [0.5, 0.6) is 0 Å². The molecule has 146 valence electrons. The summed E-state index contributed by atoms with van der Waals surface area (Å²) >= 11 is 0. The van der Waals surface area contributed by atoms with Crippen LogP contribution in [-0.4, -0.2) is 37.1 Å². The van der Waals surface area contributed by atoms with E-state index in [1.165, 1.54) is 76.6 Å². The topological polar surface area (TPSA) is 15.3 Å². The summed E-state index contributed by atoms with van der Waals surface area (Å²) in [6.45, 7) is 9.84.